The Morgan fingerprint density at radius 2 is 1.93 bits per heavy atom. The molecule has 0 rings (SSSR count). The second-order valence-electron chi connectivity index (χ2n) is 3.62. The highest BCUT2D eigenvalue weighted by atomic mass is 19.4. The van der Waals surface area contributed by atoms with Gasteiger partial charge in [-0.15, -0.1) is 0 Å². The fraction of sp³-hybridized carbons (Fsp3) is 1.00. The van der Waals surface area contributed by atoms with Crippen molar-refractivity contribution in [1.29, 1.82) is 0 Å². The Morgan fingerprint density at radius 3 is 2.36 bits per heavy atom. The zero-order chi connectivity index (χ0) is 11.2. The molecule has 0 aromatic heterocycles. The quantitative estimate of drug-likeness (QED) is 0.723. The van der Waals surface area contributed by atoms with E-state index in [1.807, 2.05) is 13.8 Å². The van der Waals surface area contributed by atoms with Crippen LogP contribution in [0.1, 0.15) is 20.3 Å². The van der Waals surface area contributed by atoms with Crippen LogP contribution in [-0.2, 0) is 0 Å². The molecule has 5 heteroatoms. The van der Waals surface area contributed by atoms with Crippen molar-refractivity contribution in [1.82, 2.24) is 10.2 Å². The molecule has 0 saturated heterocycles. The van der Waals surface area contributed by atoms with E-state index < -0.39 is 12.7 Å². The predicted octanol–water partition coefficient (Wildman–Crippen LogP) is 1.87. The minimum absolute atomic E-state index is 0.370. The number of rotatable bonds is 6. The van der Waals surface area contributed by atoms with Crippen molar-refractivity contribution in [3.63, 3.8) is 0 Å². The molecule has 14 heavy (non-hydrogen) atoms. The average molecular weight is 212 g/mol. The Morgan fingerprint density at radius 1 is 1.36 bits per heavy atom. The fourth-order valence-electron chi connectivity index (χ4n) is 1.03. The van der Waals surface area contributed by atoms with E-state index in [2.05, 4.69) is 5.32 Å². The summed E-state index contributed by atoms with van der Waals surface area (Å²) < 4.78 is 35.7. The van der Waals surface area contributed by atoms with Crippen molar-refractivity contribution in [2.75, 3.05) is 26.7 Å². The van der Waals surface area contributed by atoms with Crippen LogP contribution in [0.15, 0.2) is 0 Å². The van der Waals surface area contributed by atoms with Gasteiger partial charge in [0.25, 0.3) is 0 Å². The standard InChI is InChI=1S/C9H19F3N2/c1-4-8(2)13-5-6-14(3)7-9(10,11)12/h8,13H,4-7H2,1-3H3. The maximum absolute atomic E-state index is 11.9. The van der Waals surface area contributed by atoms with E-state index in [-0.39, 0.29) is 0 Å². The van der Waals surface area contributed by atoms with Crippen molar-refractivity contribution >= 4 is 0 Å². The van der Waals surface area contributed by atoms with Crippen LogP contribution in [0.25, 0.3) is 0 Å². The summed E-state index contributed by atoms with van der Waals surface area (Å²) in [5.74, 6) is 0. The van der Waals surface area contributed by atoms with E-state index in [9.17, 15) is 13.2 Å². The number of alkyl halides is 3. The van der Waals surface area contributed by atoms with Gasteiger partial charge in [-0.25, -0.2) is 0 Å². The molecule has 0 aliphatic heterocycles. The summed E-state index contributed by atoms with van der Waals surface area (Å²) in [6.45, 7) is 4.24. The second kappa shape index (κ2) is 6.24. The average Bonchev–Trinajstić information content (AvgIpc) is 2.00. The van der Waals surface area contributed by atoms with Gasteiger partial charge in [-0.05, 0) is 20.4 Å². The lowest BCUT2D eigenvalue weighted by molar-refractivity contribution is -0.142. The van der Waals surface area contributed by atoms with Gasteiger partial charge in [0.15, 0.2) is 0 Å². The Kier molecular flexibility index (Phi) is 6.11. The van der Waals surface area contributed by atoms with Crippen molar-refractivity contribution in [3.8, 4) is 0 Å². The van der Waals surface area contributed by atoms with Crippen LogP contribution in [0.2, 0.25) is 0 Å². The molecule has 86 valence electrons. The highest BCUT2D eigenvalue weighted by Gasteiger charge is 2.28. The molecule has 1 N–H and O–H groups in total. The Labute approximate surface area is 83.5 Å². The molecule has 0 radical (unpaired) electrons. The highest BCUT2D eigenvalue weighted by molar-refractivity contribution is 4.63. The van der Waals surface area contributed by atoms with Crippen molar-refractivity contribution in [2.24, 2.45) is 0 Å². The van der Waals surface area contributed by atoms with Crippen LogP contribution in [-0.4, -0.2) is 43.8 Å². The summed E-state index contributed by atoms with van der Waals surface area (Å²) in [6.07, 6.45) is -3.10. The molecular weight excluding hydrogens is 193 g/mol. The van der Waals surface area contributed by atoms with Gasteiger partial charge in [0, 0.05) is 19.1 Å². The van der Waals surface area contributed by atoms with Crippen molar-refractivity contribution < 1.29 is 13.2 Å². The van der Waals surface area contributed by atoms with Crippen LogP contribution in [0.3, 0.4) is 0 Å². The zero-order valence-corrected chi connectivity index (χ0v) is 8.99. The smallest absolute Gasteiger partial charge is 0.313 e. The number of nitrogens with zero attached hydrogens (tertiary/aromatic N) is 1. The molecule has 0 spiro atoms. The van der Waals surface area contributed by atoms with E-state index in [1.54, 1.807) is 0 Å². The minimum Gasteiger partial charge on any atom is -0.313 e. The summed E-state index contributed by atoms with van der Waals surface area (Å²) in [7, 11) is 1.48. The van der Waals surface area contributed by atoms with E-state index >= 15 is 0 Å². The second-order valence-corrected chi connectivity index (χ2v) is 3.62. The molecule has 0 aliphatic carbocycles. The summed E-state index contributed by atoms with van der Waals surface area (Å²) >= 11 is 0. The minimum atomic E-state index is -4.09. The molecule has 0 saturated carbocycles. The van der Waals surface area contributed by atoms with Crippen LogP contribution < -0.4 is 5.32 Å². The maximum Gasteiger partial charge on any atom is 0.401 e. The molecule has 0 fully saturated rings. The molecule has 1 unspecified atom stereocenters. The lowest BCUT2D eigenvalue weighted by Crippen LogP contribution is -2.38. The lowest BCUT2D eigenvalue weighted by atomic mass is 10.2. The summed E-state index contributed by atoms with van der Waals surface area (Å²) in [6, 6.07) is 0.370. The highest BCUT2D eigenvalue weighted by Crippen LogP contribution is 2.14. The lowest BCUT2D eigenvalue weighted by Gasteiger charge is -2.19. The van der Waals surface area contributed by atoms with E-state index in [1.165, 1.54) is 11.9 Å². The molecule has 1 atom stereocenters. The number of hydrogen-bond donors (Lipinski definition) is 1. The van der Waals surface area contributed by atoms with E-state index in [4.69, 9.17) is 0 Å². The summed E-state index contributed by atoms with van der Waals surface area (Å²) in [5, 5.41) is 3.14. The molecule has 0 heterocycles. The molecule has 0 amide bonds. The normalized spacial score (nSPS) is 14.8. The van der Waals surface area contributed by atoms with Crippen LogP contribution in [0, 0.1) is 0 Å². The number of hydrogen-bond acceptors (Lipinski definition) is 2. The van der Waals surface area contributed by atoms with E-state index in [0.717, 1.165) is 6.42 Å². The third-order valence-corrected chi connectivity index (χ3v) is 2.05. The SMILES string of the molecule is CCC(C)NCCN(C)CC(F)(F)F. The van der Waals surface area contributed by atoms with Gasteiger partial charge in [0.2, 0.25) is 0 Å². The molecule has 0 aliphatic rings. The Balaban J connectivity index is 3.50. The van der Waals surface area contributed by atoms with Gasteiger partial charge in [0.1, 0.15) is 0 Å². The number of nitrogens with one attached hydrogen (secondary N) is 1. The van der Waals surface area contributed by atoms with Gasteiger partial charge < -0.3 is 5.32 Å². The molecule has 2 nitrogen and oxygen atoms in total. The molecular formula is C9H19F3N2. The Hall–Kier alpha value is -0.290. The van der Waals surface area contributed by atoms with Gasteiger partial charge in [0.05, 0.1) is 6.54 Å². The molecule has 0 bridgehead atoms. The maximum atomic E-state index is 11.9. The third kappa shape index (κ3) is 8.31. The molecule has 0 aromatic carbocycles. The van der Waals surface area contributed by atoms with Crippen molar-refractivity contribution in [3.05, 3.63) is 0 Å². The Bertz CT molecular complexity index is 147. The van der Waals surface area contributed by atoms with Gasteiger partial charge in [-0.1, -0.05) is 6.92 Å². The van der Waals surface area contributed by atoms with E-state index in [0.29, 0.717) is 19.1 Å². The first-order valence-corrected chi connectivity index (χ1v) is 4.84. The van der Waals surface area contributed by atoms with Crippen LogP contribution in [0.4, 0.5) is 13.2 Å². The monoisotopic (exact) mass is 212 g/mol. The number of halogens is 3. The summed E-state index contributed by atoms with van der Waals surface area (Å²) in [4.78, 5) is 1.27. The fourth-order valence-corrected chi connectivity index (χ4v) is 1.03. The zero-order valence-electron chi connectivity index (χ0n) is 8.99. The first kappa shape index (κ1) is 13.7. The van der Waals surface area contributed by atoms with Crippen LogP contribution in [0.5, 0.6) is 0 Å². The largest absolute Gasteiger partial charge is 0.401 e. The van der Waals surface area contributed by atoms with Gasteiger partial charge in [-0.2, -0.15) is 13.2 Å². The van der Waals surface area contributed by atoms with Crippen molar-refractivity contribution in [2.45, 2.75) is 32.5 Å². The molecule has 0 aromatic rings. The van der Waals surface area contributed by atoms with Gasteiger partial charge >= 0.3 is 6.18 Å². The van der Waals surface area contributed by atoms with Crippen LogP contribution >= 0.6 is 0 Å². The predicted molar refractivity (Wildman–Crippen MR) is 51.3 cm³/mol. The topological polar surface area (TPSA) is 15.3 Å². The first-order chi connectivity index (χ1) is 6.35. The first-order valence-electron chi connectivity index (χ1n) is 4.84. The number of likely N-dealkylation sites (N-methyl/N-ethyl adjacent to an activating group) is 1. The summed E-state index contributed by atoms with van der Waals surface area (Å²) in [5.41, 5.74) is 0. The van der Waals surface area contributed by atoms with Gasteiger partial charge in [-0.3, -0.25) is 4.90 Å². The third-order valence-electron chi connectivity index (χ3n) is 2.05.